The van der Waals surface area contributed by atoms with Gasteiger partial charge in [0.25, 0.3) is 0 Å². The van der Waals surface area contributed by atoms with E-state index in [1.807, 2.05) is 0 Å². The number of aromatic nitrogens is 2. The third-order valence-corrected chi connectivity index (χ3v) is 4.71. The molecule has 0 saturated carbocycles. The number of ether oxygens (including phenoxy) is 1. The fourth-order valence-electron chi connectivity index (χ4n) is 2.65. The molecule has 1 N–H and O–H groups in total. The van der Waals surface area contributed by atoms with E-state index in [4.69, 9.17) is 17.0 Å². The third kappa shape index (κ3) is 2.02. The first-order valence-corrected chi connectivity index (χ1v) is 7.57. The summed E-state index contributed by atoms with van der Waals surface area (Å²) in [6.45, 7) is 3.90. The molecule has 0 atom stereocenters. The first-order valence-electron chi connectivity index (χ1n) is 6.09. The number of hydrogen-bond acceptors (Lipinski definition) is 2. The van der Waals surface area contributed by atoms with Crippen molar-refractivity contribution in [2.45, 2.75) is 25.3 Å². The lowest BCUT2D eigenvalue weighted by atomic mass is 9.92. The summed E-state index contributed by atoms with van der Waals surface area (Å²) in [5.41, 5.74) is 2.39. The van der Waals surface area contributed by atoms with E-state index in [1.165, 1.54) is 9.09 Å². The lowest BCUT2D eigenvalue weighted by Gasteiger charge is -2.35. The molecule has 3 rings (SSSR count). The SMILES string of the molecule is CC1(n2c(=S)[nH]c3cc(I)ccc32)CCOCC1. The second-order valence-corrected chi connectivity index (χ2v) is 6.67. The minimum Gasteiger partial charge on any atom is -0.381 e. The number of fused-ring (bicyclic) bond motifs is 1. The molecular weight excluding hydrogens is 359 g/mol. The minimum absolute atomic E-state index is 0.0698. The first-order chi connectivity index (χ1) is 8.60. The maximum absolute atomic E-state index is 5.51. The van der Waals surface area contributed by atoms with Gasteiger partial charge in [-0.2, -0.15) is 0 Å². The van der Waals surface area contributed by atoms with Crippen LogP contribution in [0.15, 0.2) is 18.2 Å². The quantitative estimate of drug-likeness (QED) is 0.608. The van der Waals surface area contributed by atoms with E-state index in [1.54, 1.807) is 0 Å². The number of aromatic amines is 1. The number of nitrogens with one attached hydrogen (secondary N) is 1. The Kier molecular flexibility index (Phi) is 3.23. The molecule has 0 unspecified atom stereocenters. The molecule has 1 fully saturated rings. The van der Waals surface area contributed by atoms with Crippen molar-refractivity contribution in [1.29, 1.82) is 0 Å². The smallest absolute Gasteiger partial charge is 0.178 e. The second-order valence-electron chi connectivity index (χ2n) is 5.04. The van der Waals surface area contributed by atoms with Gasteiger partial charge < -0.3 is 14.3 Å². The zero-order valence-electron chi connectivity index (χ0n) is 10.2. The van der Waals surface area contributed by atoms with Gasteiger partial charge in [0.15, 0.2) is 4.77 Å². The number of hydrogen-bond donors (Lipinski definition) is 1. The molecule has 5 heteroatoms. The Morgan fingerprint density at radius 3 is 2.83 bits per heavy atom. The molecule has 1 aliphatic rings. The summed E-state index contributed by atoms with van der Waals surface area (Å²) in [6.07, 6.45) is 2.03. The zero-order valence-corrected chi connectivity index (χ0v) is 13.2. The van der Waals surface area contributed by atoms with Crippen molar-refractivity contribution in [3.05, 3.63) is 26.5 Å². The zero-order chi connectivity index (χ0) is 12.8. The molecule has 0 bridgehead atoms. The Labute approximate surface area is 125 Å². The predicted octanol–water partition coefficient (Wildman–Crippen LogP) is 3.83. The molecule has 0 amide bonds. The molecule has 1 aliphatic heterocycles. The summed E-state index contributed by atoms with van der Waals surface area (Å²) < 4.78 is 9.79. The van der Waals surface area contributed by atoms with Crippen LogP contribution >= 0.6 is 34.8 Å². The molecule has 0 aliphatic carbocycles. The van der Waals surface area contributed by atoms with Crippen LogP contribution in [0.1, 0.15) is 19.8 Å². The highest BCUT2D eigenvalue weighted by Crippen LogP contribution is 2.32. The van der Waals surface area contributed by atoms with Crippen molar-refractivity contribution < 1.29 is 4.74 Å². The number of imidazole rings is 1. The molecule has 96 valence electrons. The summed E-state index contributed by atoms with van der Waals surface area (Å²) in [5.74, 6) is 0. The van der Waals surface area contributed by atoms with E-state index in [-0.39, 0.29) is 5.54 Å². The van der Waals surface area contributed by atoms with Crippen molar-refractivity contribution >= 4 is 45.8 Å². The number of nitrogens with zero attached hydrogens (tertiary/aromatic N) is 1. The molecule has 18 heavy (non-hydrogen) atoms. The van der Waals surface area contributed by atoms with Gasteiger partial charge in [0.05, 0.1) is 11.0 Å². The van der Waals surface area contributed by atoms with Gasteiger partial charge in [-0.1, -0.05) is 0 Å². The normalized spacial score (nSPS) is 19.2. The van der Waals surface area contributed by atoms with E-state index < -0.39 is 0 Å². The standard InChI is InChI=1S/C13H15IN2OS/c1-13(4-6-17-7-5-13)16-11-3-2-9(14)8-10(11)15-12(16)18/h2-3,8H,4-7H2,1H3,(H,15,18). The van der Waals surface area contributed by atoms with Crippen molar-refractivity contribution in [1.82, 2.24) is 9.55 Å². The Morgan fingerprint density at radius 2 is 2.11 bits per heavy atom. The van der Waals surface area contributed by atoms with E-state index in [0.29, 0.717) is 0 Å². The van der Waals surface area contributed by atoms with Crippen LogP contribution in [0.3, 0.4) is 0 Å². The van der Waals surface area contributed by atoms with E-state index in [2.05, 4.69) is 57.3 Å². The van der Waals surface area contributed by atoms with E-state index >= 15 is 0 Å². The minimum atomic E-state index is 0.0698. The van der Waals surface area contributed by atoms with Gasteiger partial charge in [-0.3, -0.25) is 0 Å². The van der Waals surface area contributed by atoms with Gasteiger partial charge in [0, 0.05) is 22.3 Å². The monoisotopic (exact) mass is 374 g/mol. The molecular formula is C13H15IN2OS. The maximum atomic E-state index is 5.51. The van der Waals surface area contributed by atoms with Gasteiger partial charge in [-0.25, -0.2) is 0 Å². The number of H-pyrrole nitrogens is 1. The lowest BCUT2D eigenvalue weighted by molar-refractivity contribution is 0.0306. The number of rotatable bonds is 1. The molecule has 1 aromatic carbocycles. The fraction of sp³-hybridized carbons (Fsp3) is 0.462. The molecule has 2 aromatic rings. The van der Waals surface area contributed by atoms with Crippen LogP contribution in [0.25, 0.3) is 11.0 Å². The summed E-state index contributed by atoms with van der Waals surface area (Å²) in [7, 11) is 0. The van der Waals surface area contributed by atoms with Crippen LogP contribution in [0.2, 0.25) is 0 Å². The Bertz CT molecular complexity index is 640. The van der Waals surface area contributed by atoms with Crippen LogP contribution < -0.4 is 0 Å². The van der Waals surface area contributed by atoms with Crippen molar-refractivity contribution in [2.75, 3.05) is 13.2 Å². The summed E-state index contributed by atoms with van der Waals surface area (Å²) in [5, 5.41) is 0. The topological polar surface area (TPSA) is 29.9 Å². The Hall–Kier alpha value is -0.400. The number of halogens is 1. The summed E-state index contributed by atoms with van der Waals surface area (Å²) >= 11 is 7.84. The highest BCUT2D eigenvalue weighted by Gasteiger charge is 2.31. The summed E-state index contributed by atoms with van der Waals surface area (Å²) in [4.78, 5) is 3.32. The maximum Gasteiger partial charge on any atom is 0.178 e. The first kappa shape index (κ1) is 12.6. The fourth-order valence-corrected chi connectivity index (χ4v) is 3.57. The van der Waals surface area contributed by atoms with Crippen LogP contribution in [0, 0.1) is 8.34 Å². The summed E-state index contributed by atoms with van der Waals surface area (Å²) in [6, 6.07) is 6.43. The van der Waals surface area contributed by atoms with E-state index in [0.717, 1.165) is 36.3 Å². The van der Waals surface area contributed by atoms with Crippen LogP contribution in [-0.4, -0.2) is 22.8 Å². The van der Waals surface area contributed by atoms with Crippen molar-refractivity contribution in [2.24, 2.45) is 0 Å². The average Bonchev–Trinajstić information content (AvgIpc) is 2.65. The highest BCUT2D eigenvalue weighted by atomic mass is 127. The molecule has 1 saturated heterocycles. The molecule has 2 heterocycles. The average molecular weight is 374 g/mol. The third-order valence-electron chi connectivity index (χ3n) is 3.75. The van der Waals surface area contributed by atoms with E-state index in [9.17, 15) is 0 Å². The van der Waals surface area contributed by atoms with Crippen molar-refractivity contribution in [3.63, 3.8) is 0 Å². The van der Waals surface area contributed by atoms with Gasteiger partial charge in [0.1, 0.15) is 0 Å². The second kappa shape index (κ2) is 4.61. The van der Waals surface area contributed by atoms with Crippen LogP contribution in [0.4, 0.5) is 0 Å². The lowest BCUT2D eigenvalue weighted by Crippen LogP contribution is -2.36. The Balaban J connectivity index is 2.22. The van der Waals surface area contributed by atoms with Crippen molar-refractivity contribution in [3.8, 4) is 0 Å². The molecule has 1 aromatic heterocycles. The molecule has 0 radical (unpaired) electrons. The largest absolute Gasteiger partial charge is 0.381 e. The molecule has 3 nitrogen and oxygen atoms in total. The Morgan fingerprint density at radius 1 is 1.39 bits per heavy atom. The van der Waals surface area contributed by atoms with Crippen LogP contribution in [0.5, 0.6) is 0 Å². The highest BCUT2D eigenvalue weighted by molar-refractivity contribution is 14.1. The predicted molar refractivity (Wildman–Crippen MR) is 83.5 cm³/mol. The van der Waals surface area contributed by atoms with Gasteiger partial charge >= 0.3 is 0 Å². The van der Waals surface area contributed by atoms with Gasteiger partial charge in [-0.05, 0) is 72.8 Å². The van der Waals surface area contributed by atoms with Gasteiger partial charge in [-0.15, -0.1) is 0 Å². The van der Waals surface area contributed by atoms with Gasteiger partial charge in [0.2, 0.25) is 0 Å². The van der Waals surface area contributed by atoms with Crippen LogP contribution in [-0.2, 0) is 10.3 Å². The molecule has 0 spiro atoms. The number of benzene rings is 1.